The molecule has 8 nitrogen and oxygen atoms in total. The average molecular weight is 312 g/mol. The van der Waals surface area contributed by atoms with E-state index in [-0.39, 0.29) is 5.91 Å². The Labute approximate surface area is 132 Å². The van der Waals surface area contributed by atoms with Crippen molar-refractivity contribution in [2.75, 3.05) is 25.5 Å². The summed E-state index contributed by atoms with van der Waals surface area (Å²) in [6.07, 6.45) is 1.58. The van der Waals surface area contributed by atoms with Gasteiger partial charge in [-0.25, -0.2) is 9.97 Å². The molecule has 1 fully saturated rings. The first-order chi connectivity index (χ1) is 11.1. The molecule has 0 radical (unpaired) electrons. The summed E-state index contributed by atoms with van der Waals surface area (Å²) in [5, 5.41) is 7.28. The lowest BCUT2D eigenvalue weighted by molar-refractivity contribution is -0.114. The van der Waals surface area contributed by atoms with Crippen LogP contribution in [-0.2, 0) is 4.79 Å². The third-order valence-corrected chi connectivity index (χ3v) is 3.82. The second-order valence-corrected chi connectivity index (χ2v) is 5.78. The van der Waals surface area contributed by atoms with E-state index in [0.717, 1.165) is 18.9 Å². The standard InChI is InChI=1S/C15H16N6O2/c1-9(22)16-12-6-13-18-14(10-7-20(2)8-10)19-21(13)15(17-12)11-4-3-5-23-11/h3-6,10H,7-8H2,1-2H3,(H,16,22). The van der Waals surface area contributed by atoms with Gasteiger partial charge >= 0.3 is 0 Å². The van der Waals surface area contributed by atoms with Crippen molar-refractivity contribution < 1.29 is 9.21 Å². The molecular formula is C15H16N6O2. The van der Waals surface area contributed by atoms with Gasteiger partial charge in [0.1, 0.15) is 5.82 Å². The molecule has 0 spiro atoms. The van der Waals surface area contributed by atoms with Gasteiger partial charge in [0.25, 0.3) is 0 Å². The van der Waals surface area contributed by atoms with Crippen LogP contribution < -0.4 is 5.32 Å². The van der Waals surface area contributed by atoms with Crippen molar-refractivity contribution >= 4 is 17.4 Å². The van der Waals surface area contributed by atoms with E-state index >= 15 is 0 Å². The zero-order valence-electron chi connectivity index (χ0n) is 12.9. The molecule has 1 aliphatic rings. The minimum absolute atomic E-state index is 0.187. The van der Waals surface area contributed by atoms with Crippen LogP contribution in [0.4, 0.5) is 5.82 Å². The normalized spacial score (nSPS) is 15.7. The first kappa shape index (κ1) is 13.9. The molecule has 4 rings (SSSR count). The number of rotatable bonds is 3. The van der Waals surface area contributed by atoms with Crippen molar-refractivity contribution in [3.05, 3.63) is 30.3 Å². The lowest BCUT2D eigenvalue weighted by atomic mass is 10.0. The largest absolute Gasteiger partial charge is 0.461 e. The van der Waals surface area contributed by atoms with Crippen LogP contribution in [0.15, 0.2) is 28.9 Å². The van der Waals surface area contributed by atoms with Crippen LogP contribution in [0.3, 0.4) is 0 Å². The number of hydrogen-bond donors (Lipinski definition) is 1. The van der Waals surface area contributed by atoms with Gasteiger partial charge < -0.3 is 14.6 Å². The van der Waals surface area contributed by atoms with Gasteiger partial charge in [0, 0.05) is 32.0 Å². The highest BCUT2D eigenvalue weighted by atomic mass is 16.3. The Kier molecular flexibility index (Phi) is 3.12. The SMILES string of the molecule is CC(=O)Nc1cc2nc(C3CN(C)C3)nn2c(-c2ccco2)n1. The summed E-state index contributed by atoms with van der Waals surface area (Å²) in [5.74, 6) is 2.45. The van der Waals surface area contributed by atoms with Gasteiger partial charge in [-0.2, -0.15) is 4.52 Å². The molecule has 1 N–H and O–H groups in total. The number of carbonyl (C=O) groups is 1. The molecule has 4 heterocycles. The zero-order valence-corrected chi connectivity index (χ0v) is 12.9. The Hall–Kier alpha value is -2.74. The summed E-state index contributed by atoms with van der Waals surface area (Å²) in [5.41, 5.74) is 0.639. The Morgan fingerprint density at radius 3 is 2.87 bits per heavy atom. The maximum atomic E-state index is 11.3. The van der Waals surface area contributed by atoms with Crippen molar-refractivity contribution in [1.29, 1.82) is 0 Å². The van der Waals surface area contributed by atoms with Gasteiger partial charge in [-0.1, -0.05) is 0 Å². The van der Waals surface area contributed by atoms with Crippen molar-refractivity contribution in [1.82, 2.24) is 24.5 Å². The Morgan fingerprint density at radius 2 is 2.22 bits per heavy atom. The van der Waals surface area contributed by atoms with E-state index in [9.17, 15) is 4.79 Å². The predicted molar refractivity (Wildman–Crippen MR) is 83.0 cm³/mol. The Morgan fingerprint density at radius 1 is 1.39 bits per heavy atom. The molecule has 3 aromatic heterocycles. The smallest absolute Gasteiger partial charge is 0.222 e. The number of amides is 1. The molecule has 0 bridgehead atoms. The zero-order chi connectivity index (χ0) is 16.0. The number of furan rings is 1. The van der Waals surface area contributed by atoms with Gasteiger partial charge in [-0.15, -0.1) is 5.10 Å². The van der Waals surface area contributed by atoms with Crippen molar-refractivity contribution in [3.63, 3.8) is 0 Å². The summed E-state index contributed by atoms with van der Waals surface area (Å²) in [7, 11) is 2.07. The Balaban J connectivity index is 1.84. The molecule has 0 unspecified atom stereocenters. The third-order valence-electron chi connectivity index (χ3n) is 3.82. The van der Waals surface area contributed by atoms with Crippen molar-refractivity contribution in [2.24, 2.45) is 0 Å². The van der Waals surface area contributed by atoms with E-state index in [2.05, 4.69) is 32.3 Å². The molecule has 118 valence electrons. The molecule has 0 aliphatic carbocycles. The number of anilines is 1. The van der Waals surface area contributed by atoms with E-state index in [1.165, 1.54) is 6.92 Å². The number of nitrogens with one attached hydrogen (secondary N) is 1. The third kappa shape index (κ3) is 2.46. The molecule has 3 aromatic rings. The lowest BCUT2D eigenvalue weighted by Gasteiger charge is -2.33. The van der Waals surface area contributed by atoms with Crippen LogP contribution >= 0.6 is 0 Å². The number of nitrogens with zero attached hydrogens (tertiary/aromatic N) is 5. The van der Waals surface area contributed by atoms with Crippen molar-refractivity contribution in [2.45, 2.75) is 12.8 Å². The van der Waals surface area contributed by atoms with Crippen LogP contribution in [0.25, 0.3) is 17.2 Å². The van der Waals surface area contributed by atoms with E-state index in [1.54, 1.807) is 29.0 Å². The van der Waals surface area contributed by atoms with E-state index in [4.69, 9.17) is 4.42 Å². The molecule has 23 heavy (non-hydrogen) atoms. The quantitative estimate of drug-likeness (QED) is 0.786. The lowest BCUT2D eigenvalue weighted by Crippen LogP contribution is -2.42. The number of fused-ring (bicyclic) bond motifs is 1. The van der Waals surface area contributed by atoms with Crippen LogP contribution in [0, 0.1) is 0 Å². The molecule has 0 aromatic carbocycles. The fraction of sp³-hybridized carbons (Fsp3) is 0.333. The first-order valence-corrected chi connectivity index (χ1v) is 7.38. The van der Waals surface area contributed by atoms with Gasteiger partial charge in [0.05, 0.1) is 6.26 Å². The van der Waals surface area contributed by atoms with Gasteiger partial charge in [0.15, 0.2) is 17.2 Å². The number of carbonyl (C=O) groups excluding carboxylic acids is 1. The summed E-state index contributed by atoms with van der Waals surface area (Å²) in [6.45, 7) is 3.33. The molecule has 1 aliphatic heterocycles. The van der Waals surface area contributed by atoms with Crippen molar-refractivity contribution in [3.8, 4) is 11.6 Å². The highest BCUT2D eigenvalue weighted by Crippen LogP contribution is 2.26. The molecule has 0 atom stereocenters. The first-order valence-electron chi connectivity index (χ1n) is 7.38. The van der Waals surface area contributed by atoms with Crippen LogP contribution in [-0.4, -0.2) is 50.5 Å². The molecule has 1 saturated heterocycles. The van der Waals surface area contributed by atoms with Gasteiger partial charge in [-0.3, -0.25) is 4.79 Å². The second kappa shape index (κ2) is 5.17. The van der Waals surface area contributed by atoms with E-state index in [0.29, 0.717) is 29.0 Å². The molecule has 1 amide bonds. The molecule has 8 heteroatoms. The number of likely N-dealkylation sites (tertiary alicyclic amines) is 1. The number of likely N-dealkylation sites (N-methyl/N-ethyl adjacent to an activating group) is 1. The summed E-state index contributed by atoms with van der Waals surface area (Å²) in [6, 6.07) is 5.30. The maximum absolute atomic E-state index is 11.3. The summed E-state index contributed by atoms with van der Waals surface area (Å²) < 4.78 is 7.11. The number of aromatic nitrogens is 4. The van der Waals surface area contributed by atoms with Crippen LogP contribution in [0.5, 0.6) is 0 Å². The van der Waals surface area contributed by atoms with Gasteiger partial charge in [0.2, 0.25) is 11.7 Å². The predicted octanol–water partition coefficient (Wildman–Crippen LogP) is 1.37. The topological polar surface area (TPSA) is 88.6 Å². The second-order valence-electron chi connectivity index (χ2n) is 5.78. The van der Waals surface area contributed by atoms with Crippen LogP contribution in [0.2, 0.25) is 0 Å². The van der Waals surface area contributed by atoms with Gasteiger partial charge in [-0.05, 0) is 19.2 Å². The van der Waals surface area contributed by atoms with E-state index in [1.807, 2.05) is 0 Å². The van der Waals surface area contributed by atoms with Crippen LogP contribution in [0.1, 0.15) is 18.7 Å². The fourth-order valence-electron chi connectivity index (χ4n) is 2.75. The molecular weight excluding hydrogens is 296 g/mol. The molecule has 0 saturated carbocycles. The monoisotopic (exact) mass is 312 g/mol. The van der Waals surface area contributed by atoms with E-state index < -0.39 is 0 Å². The highest BCUT2D eigenvalue weighted by Gasteiger charge is 2.29. The summed E-state index contributed by atoms with van der Waals surface area (Å²) in [4.78, 5) is 22.6. The Bertz CT molecular complexity index is 864. The number of hydrogen-bond acceptors (Lipinski definition) is 6. The maximum Gasteiger partial charge on any atom is 0.222 e. The summed E-state index contributed by atoms with van der Waals surface area (Å²) >= 11 is 0. The average Bonchev–Trinajstić information content (AvgIpc) is 3.11. The minimum Gasteiger partial charge on any atom is -0.461 e. The fourth-order valence-corrected chi connectivity index (χ4v) is 2.75. The minimum atomic E-state index is -0.187. The highest BCUT2D eigenvalue weighted by molar-refractivity contribution is 5.88.